The van der Waals surface area contributed by atoms with Crippen molar-refractivity contribution in [3.8, 4) is 5.69 Å². The Balaban J connectivity index is 1.83. The summed E-state index contributed by atoms with van der Waals surface area (Å²) in [6.45, 7) is 1.26. The molecule has 5 nitrogen and oxygen atoms in total. The molecule has 0 aliphatic carbocycles. The zero-order valence-electron chi connectivity index (χ0n) is 13.8. The Morgan fingerprint density at radius 3 is 2.60 bits per heavy atom. The maximum Gasteiger partial charge on any atom is 0.433 e. The van der Waals surface area contributed by atoms with Crippen LogP contribution in [0.1, 0.15) is 28.9 Å². The van der Waals surface area contributed by atoms with Gasteiger partial charge in [-0.25, -0.2) is 4.68 Å². The number of alkyl halides is 3. The van der Waals surface area contributed by atoms with Crippen molar-refractivity contribution in [2.45, 2.75) is 25.1 Å². The zero-order chi connectivity index (χ0) is 18.0. The van der Waals surface area contributed by atoms with Crippen LogP contribution in [-0.2, 0) is 6.18 Å². The number of carbonyl (C=O) groups excluding carboxylic acids is 1. The number of nitrogens with one attached hydrogen (secondary N) is 1. The molecule has 1 aliphatic heterocycles. The first-order chi connectivity index (χ1) is 11.9. The van der Waals surface area contributed by atoms with Crippen molar-refractivity contribution in [1.29, 1.82) is 0 Å². The Morgan fingerprint density at radius 1 is 1.24 bits per heavy atom. The average molecular weight is 352 g/mol. The standard InChI is InChI=1S/C17H19F3N4O/c1-21-13-6-9-23(10-7-13)16(25)12-3-2-4-14(11-12)24-15(5-8-22-24)17(18,19)20/h2-5,8,11,13,21H,6-7,9-10H2,1H3. The van der Waals surface area contributed by atoms with E-state index in [1.165, 1.54) is 12.1 Å². The summed E-state index contributed by atoms with van der Waals surface area (Å²) in [6, 6.07) is 7.46. The van der Waals surface area contributed by atoms with Crippen LogP contribution in [-0.4, -0.2) is 46.8 Å². The second-order valence-corrected chi connectivity index (χ2v) is 6.03. The van der Waals surface area contributed by atoms with Crippen molar-refractivity contribution in [3.63, 3.8) is 0 Å². The lowest BCUT2D eigenvalue weighted by molar-refractivity contribution is -0.142. The molecule has 2 aromatic rings. The number of carbonyl (C=O) groups is 1. The molecule has 1 fully saturated rings. The van der Waals surface area contributed by atoms with Crippen LogP contribution in [0, 0.1) is 0 Å². The van der Waals surface area contributed by atoms with Gasteiger partial charge in [0.2, 0.25) is 0 Å². The van der Waals surface area contributed by atoms with Gasteiger partial charge in [-0.05, 0) is 44.2 Å². The smallest absolute Gasteiger partial charge is 0.339 e. The van der Waals surface area contributed by atoms with Gasteiger partial charge in [0.05, 0.1) is 11.9 Å². The fourth-order valence-corrected chi connectivity index (χ4v) is 3.05. The van der Waals surface area contributed by atoms with Crippen LogP contribution in [0.3, 0.4) is 0 Å². The Morgan fingerprint density at radius 2 is 1.96 bits per heavy atom. The number of aromatic nitrogens is 2. The highest BCUT2D eigenvalue weighted by atomic mass is 19.4. The first-order valence-corrected chi connectivity index (χ1v) is 8.08. The number of amides is 1. The fraction of sp³-hybridized carbons (Fsp3) is 0.412. The molecule has 0 unspecified atom stereocenters. The molecule has 1 aliphatic rings. The Bertz CT molecular complexity index is 748. The number of likely N-dealkylation sites (tertiary alicyclic amines) is 1. The van der Waals surface area contributed by atoms with Crippen LogP contribution < -0.4 is 5.32 Å². The lowest BCUT2D eigenvalue weighted by Gasteiger charge is -2.32. The molecule has 1 aromatic carbocycles. The van der Waals surface area contributed by atoms with E-state index >= 15 is 0 Å². The summed E-state index contributed by atoms with van der Waals surface area (Å²) < 4.78 is 39.9. The molecule has 1 aromatic heterocycles. The Hall–Kier alpha value is -2.35. The second-order valence-electron chi connectivity index (χ2n) is 6.03. The van der Waals surface area contributed by atoms with Gasteiger partial charge in [0.15, 0.2) is 0 Å². The minimum Gasteiger partial charge on any atom is -0.339 e. The largest absolute Gasteiger partial charge is 0.433 e. The van der Waals surface area contributed by atoms with Gasteiger partial charge in [0, 0.05) is 24.7 Å². The van der Waals surface area contributed by atoms with E-state index in [1.54, 1.807) is 17.0 Å². The van der Waals surface area contributed by atoms with Crippen LogP contribution in [0.4, 0.5) is 13.2 Å². The lowest BCUT2D eigenvalue weighted by atomic mass is 10.0. The lowest BCUT2D eigenvalue weighted by Crippen LogP contribution is -2.43. The molecule has 0 atom stereocenters. The number of nitrogens with zero attached hydrogens (tertiary/aromatic N) is 3. The van der Waals surface area contributed by atoms with Crippen molar-refractivity contribution < 1.29 is 18.0 Å². The first-order valence-electron chi connectivity index (χ1n) is 8.08. The molecule has 2 heterocycles. The number of rotatable bonds is 3. The van der Waals surface area contributed by atoms with Gasteiger partial charge in [0.1, 0.15) is 5.69 Å². The van der Waals surface area contributed by atoms with E-state index in [4.69, 9.17) is 0 Å². The topological polar surface area (TPSA) is 50.2 Å². The highest BCUT2D eigenvalue weighted by molar-refractivity contribution is 5.94. The number of hydrogen-bond acceptors (Lipinski definition) is 3. The van der Waals surface area contributed by atoms with Gasteiger partial charge in [-0.2, -0.15) is 18.3 Å². The Kier molecular flexibility index (Phi) is 4.80. The van der Waals surface area contributed by atoms with E-state index in [1.807, 2.05) is 7.05 Å². The van der Waals surface area contributed by atoms with Crippen molar-refractivity contribution in [1.82, 2.24) is 20.0 Å². The van der Waals surface area contributed by atoms with E-state index in [0.717, 1.165) is 29.8 Å². The van der Waals surface area contributed by atoms with Crippen LogP contribution in [0.15, 0.2) is 36.5 Å². The van der Waals surface area contributed by atoms with E-state index in [0.29, 0.717) is 24.7 Å². The van der Waals surface area contributed by atoms with Crippen LogP contribution in [0.5, 0.6) is 0 Å². The zero-order valence-corrected chi connectivity index (χ0v) is 13.8. The monoisotopic (exact) mass is 352 g/mol. The summed E-state index contributed by atoms with van der Waals surface area (Å²) in [5, 5.41) is 6.95. The molecule has 1 saturated heterocycles. The van der Waals surface area contributed by atoms with Crippen LogP contribution in [0.25, 0.3) is 5.69 Å². The van der Waals surface area contributed by atoms with Crippen LogP contribution >= 0.6 is 0 Å². The molecule has 3 rings (SSSR count). The molecule has 0 bridgehead atoms. The van der Waals surface area contributed by atoms with E-state index in [9.17, 15) is 18.0 Å². The molecule has 25 heavy (non-hydrogen) atoms. The maximum absolute atomic E-state index is 13.0. The van der Waals surface area contributed by atoms with Crippen molar-refractivity contribution >= 4 is 5.91 Å². The summed E-state index contributed by atoms with van der Waals surface area (Å²) in [5.41, 5.74) is -0.288. The van der Waals surface area contributed by atoms with Gasteiger partial charge in [-0.3, -0.25) is 4.79 Å². The summed E-state index contributed by atoms with van der Waals surface area (Å²) in [4.78, 5) is 14.4. The molecule has 8 heteroatoms. The predicted octanol–water partition coefficient (Wildman–Crippen LogP) is 2.72. The van der Waals surface area contributed by atoms with Crippen LogP contribution in [0.2, 0.25) is 0 Å². The highest BCUT2D eigenvalue weighted by Crippen LogP contribution is 2.30. The first kappa shape index (κ1) is 17.5. The van der Waals surface area contributed by atoms with Gasteiger partial charge in [-0.1, -0.05) is 6.07 Å². The predicted molar refractivity (Wildman–Crippen MR) is 86.6 cm³/mol. The minimum absolute atomic E-state index is 0.169. The third-order valence-corrected chi connectivity index (χ3v) is 4.46. The summed E-state index contributed by atoms with van der Waals surface area (Å²) in [7, 11) is 1.90. The van der Waals surface area contributed by atoms with Crippen molar-refractivity contribution in [2.75, 3.05) is 20.1 Å². The SMILES string of the molecule is CNC1CCN(C(=O)c2cccc(-n3nccc3C(F)(F)F)c2)CC1. The molecular formula is C17H19F3N4O. The van der Waals surface area contributed by atoms with Gasteiger partial charge in [0.25, 0.3) is 5.91 Å². The quantitative estimate of drug-likeness (QED) is 0.924. The number of piperidine rings is 1. The molecule has 0 spiro atoms. The third-order valence-electron chi connectivity index (χ3n) is 4.46. The minimum atomic E-state index is -4.51. The molecule has 1 N–H and O–H groups in total. The fourth-order valence-electron chi connectivity index (χ4n) is 3.05. The molecule has 0 radical (unpaired) electrons. The maximum atomic E-state index is 13.0. The van der Waals surface area contributed by atoms with Gasteiger partial charge < -0.3 is 10.2 Å². The van der Waals surface area contributed by atoms with Gasteiger partial charge in [-0.15, -0.1) is 0 Å². The van der Waals surface area contributed by atoms with E-state index < -0.39 is 11.9 Å². The number of hydrogen-bond donors (Lipinski definition) is 1. The van der Waals surface area contributed by atoms with Crippen molar-refractivity contribution in [2.24, 2.45) is 0 Å². The highest BCUT2D eigenvalue weighted by Gasteiger charge is 2.35. The second kappa shape index (κ2) is 6.87. The number of benzene rings is 1. The molecule has 1 amide bonds. The summed E-state index contributed by atoms with van der Waals surface area (Å²) in [6.07, 6.45) is -1.69. The molecular weight excluding hydrogens is 333 g/mol. The average Bonchev–Trinajstić information content (AvgIpc) is 3.11. The van der Waals surface area contributed by atoms with Gasteiger partial charge >= 0.3 is 6.18 Å². The summed E-state index contributed by atoms with van der Waals surface area (Å²) in [5.74, 6) is -0.169. The number of halogens is 3. The summed E-state index contributed by atoms with van der Waals surface area (Å²) >= 11 is 0. The normalized spacial score (nSPS) is 16.2. The van der Waals surface area contributed by atoms with E-state index in [-0.39, 0.29) is 11.6 Å². The molecule has 134 valence electrons. The Labute approximate surface area is 143 Å². The van der Waals surface area contributed by atoms with E-state index in [2.05, 4.69) is 10.4 Å². The molecule has 0 saturated carbocycles. The van der Waals surface area contributed by atoms with Crippen molar-refractivity contribution in [3.05, 3.63) is 47.8 Å². The third kappa shape index (κ3) is 3.68.